The number of ether oxygens (including phenoxy) is 1. The summed E-state index contributed by atoms with van der Waals surface area (Å²) < 4.78 is 5.83. The van der Waals surface area contributed by atoms with Gasteiger partial charge in [-0.25, -0.2) is 0 Å². The maximum absolute atomic E-state index is 13.1. The van der Waals surface area contributed by atoms with Crippen LogP contribution in [0.2, 0.25) is 0 Å². The van der Waals surface area contributed by atoms with E-state index in [0.717, 1.165) is 44.9 Å². The Balaban J connectivity index is 4.63. The minimum absolute atomic E-state index is 0.0173. The average molecular weight is 812 g/mol. The Hall–Kier alpha value is -2.44. The molecular weight excluding hydrogens is 719 g/mol. The zero-order valence-corrected chi connectivity index (χ0v) is 38.2. The lowest BCUT2D eigenvalue weighted by molar-refractivity contribution is -0.150. The Morgan fingerprint density at radius 2 is 0.897 bits per heavy atom. The quantitative estimate of drug-likeness (QED) is 0.0324. The summed E-state index contributed by atoms with van der Waals surface area (Å²) in [5.41, 5.74) is 0. The van der Waals surface area contributed by atoms with Crippen LogP contribution in [0.5, 0.6) is 0 Å². The predicted octanol–water partition coefficient (Wildman–Crippen LogP) is 14.5. The summed E-state index contributed by atoms with van der Waals surface area (Å²) >= 11 is 0. The molecule has 0 spiro atoms. The molecule has 336 valence electrons. The van der Waals surface area contributed by atoms with Crippen molar-refractivity contribution in [3.63, 3.8) is 0 Å². The van der Waals surface area contributed by atoms with Crippen molar-refractivity contribution in [3.8, 4) is 0 Å². The van der Waals surface area contributed by atoms with Gasteiger partial charge in [0, 0.05) is 12.8 Å². The lowest BCUT2D eigenvalue weighted by Crippen LogP contribution is -2.46. The number of hydrogen-bond donors (Lipinski definition) is 3. The monoisotopic (exact) mass is 812 g/mol. The lowest BCUT2D eigenvalue weighted by Gasteiger charge is -2.24. The van der Waals surface area contributed by atoms with E-state index in [1.807, 2.05) is 54.7 Å². The maximum Gasteiger partial charge on any atom is 0.306 e. The van der Waals surface area contributed by atoms with Gasteiger partial charge in [-0.15, -0.1) is 0 Å². The van der Waals surface area contributed by atoms with Crippen molar-refractivity contribution in [2.45, 2.75) is 251 Å². The largest absolute Gasteiger partial charge is 0.461 e. The molecule has 0 aliphatic carbocycles. The fourth-order valence-corrected chi connectivity index (χ4v) is 7.28. The van der Waals surface area contributed by atoms with Gasteiger partial charge in [-0.1, -0.05) is 255 Å². The highest BCUT2D eigenvalue weighted by Crippen LogP contribution is 2.17. The highest BCUT2D eigenvalue weighted by atomic mass is 16.5. The van der Waals surface area contributed by atoms with Crippen LogP contribution in [0.4, 0.5) is 0 Å². The Bertz CT molecular complexity index is 1050. The second kappa shape index (κ2) is 45.6. The van der Waals surface area contributed by atoms with Crippen molar-refractivity contribution >= 4 is 11.9 Å². The van der Waals surface area contributed by atoms with Crippen molar-refractivity contribution in [1.82, 2.24) is 5.32 Å². The van der Waals surface area contributed by atoms with Gasteiger partial charge in [0.25, 0.3) is 0 Å². The molecule has 3 unspecified atom stereocenters. The van der Waals surface area contributed by atoms with Crippen LogP contribution in [-0.4, -0.2) is 46.9 Å². The van der Waals surface area contributed by atoms with E-state index in [0.29, 0.717) is 19.3 Å². The topological polar surface area (TPSA) is 95.9 Å². The van der Waals surface area contributed by atoms with Crippen molar-refractivity contribution in [1.29, 1.82) is 0 Å². The average Bonchev–Trinajstić information content (AvgIpc) is 3.22. The second-order valence-electron chi connectivity index (χ2n) is 16.6. The molecule has 6 nitrogen and oxygen atoms in total. The highest BCUT2D eigenvalue weighted by molar-refractivity contribution is 5.77. The van der Waals surface area contributed by atoms with Gasteiger partial charge in [-0.2, -0.15) is 0 Å². The number of hydrogen-bond acceptors (Lipinski definition) is 5. The van der Waals surface area contributed by atoms with E-state index in [9.17, 15) is 19.8 Å². The van der Waals surface area contributed by atoms with Gasteiger partial charge in [0.1, 0.15) is 6.10 Å². The SMILES string of the molecule is CC/C=C/C=C/C=C\C=C/C=C/CC(CC(=O)NC(CO)C(O)CCCCCCCCCCCCCCCCC)OC(=O)CCCCCCCCCCCCCCC. The number of unbranched alkanes of at least 4 members (excludes halogenated alkanes) is 26. The molecule has 1 amide bonds. The molecule has 0 aromatic rings. The molecule has 0 aliphatic rings. The molecular formula is C52H93NO5. The number of allylic oxidation sites excluding steroid dienone is 9. The minimum Gasteiger partial charge on any atom is -0.461 e. The molecule has 0 heterocycles. The molecule has 6 heteroatoms. The summed E-state index contributed by atoms with van der Waals surface area (Å²) in [7, 11) is 0. The first-order valence-corrected chi connectivity index (χ1v) is 24.6. The number of esters is 1. The fraction of sp³-hybridized carbons (Fsp3) is 0.769. The van der Waals surface area contributed by atoms with Crippen LogP contribution >= 0.6 is 0 Å². The third kappa shape index (κ3) is 40.3. The number of aliphatic hydroxyl groups excluding tert-OH is 2. The number of carbonyl (C=O) groups excluding carboxylic acids is 2. The molecule has 0 saturated heterocycles. The summed E-state index contributed by atoms with van der Waals surface area (Å²) in [6, 6.07) is -0.738. The first kappa shape index (κ1) is 55.6. The number of nitrogens with one attached hydrogen (secondary N) is 1. The summed E-state index contributed by atoms with van der Waals surface area (Å²) in [5.74, 6) is -0.604. The van der Waals surface area contributed by atoms with Gasteiger partial charge < -0.3 is 20.3 Å². The van der Waals surface area contributed by atoms with Crippen LogP contribution in [0.15, 0.2) is 60.8 Å². The van der Waals surface area contributed by atoms with Crippen molar-refractivity contribution < 1.29 is 24.5 Å². The Morgan fingerprint density at radius 3 is 1.31 bits per heavy atom. The number of rotatable bonds is 43. The Kier molecular flexibility index (Phi) is 43.7. The summed E-state index contributed by atoms with van der Waals surface area (Å²) in [5, 5.41) is 23.7. The second-order valence-corrected chi connectivity index (χ2v) is 16.6. The summed E-state index contributed by atoms with van der Waals surface area (Å²) in [6.07, 6.45) is 55.9. The van der Waals surface area contributed by atoms with Gasteiger partial charge in [0.05, 0.1) is 25.2 Å². The van der Waals surface area contributed by atoms with Gasteiger partial charge in [-0.3, -0.25) is 9.59 Å². The number of carbonyl (C=O) groups is 2. The zero-order valence-electron chi connectivity index (χ0n) is 38.2. The van der Waals surface area contributed by atoms with E-state index in [2.05, 4.69) is 32.2 Å². The van der Waals surface area contributed by atoms with Crippen LogP contribution in [0.25, 0.3) is 0 Å². The zero-order chi connectivity index (χ0) is 42.4. The van der Waals surface area contributed by atoms with Crippen molar-refractivity contribution in [3.05, 3.63) is 60.8 Å². The fourth-order valence-electron chi connectivity index (χ4n) is 7.28. The first-order valence-electron chi connectivity index (χ1n) is 24.6. The molecule has 0 aliphatic heterocycles. The molecule has 3 atom stereocenters. The van der Waals surface area contributed by atoms with E-state index in [1.165, 1.54) is 141 Å². The molecule has 0 radical (unpaired) electrons. The molecule has 0 fully saturated rings. The first-order chi connectivity index (χ1) is 28.5. The normalized spacial score (nSPS) is 13.8. The maximum atomic E-state index is 13.1. The third-order valence-electron chi connectivity index (χ3n) is 11.0. The number of aliphatic hydroxyl groups is 2. The van der Waals surface area contributed by atoms with Gasteiger partial charge in [0.2, 0.25) is 5.91 Å². The van der Waals surface area contributed by atoms with Crippen LogP contribution < -0.4 is 5.32 Å². The Labute approximate surface area is 358 Å². The van der Waals surface area contributed by atoms with E-state index in [-0.39, 0.29) is 24.9 Å². The number of amides is 1. The van der Waals surface area contributed by atoms with Crippen LogP contribution in [0, 0.1) is 0 Å². The standard InChI is InChI=1S/C52H93NO5/c1-4-7-10-13-16-19-22-24-25-27-29-32-35-38-41-44-50(55)49(47-54)53-51(56)46-48(43-40-37-34-31-28-21-18-15-12-9-6-3)58-52(57)45-42-39-36-33-30-26-23-20-17-14-11-8-5-2/h9,12,15,18,21,28,31,34,37,40,48-50,54-55H,4-8,10-11,13-14,16-17,19-20,22-27,29-30,32-33,35-36,38-39,41-47H2,1-3H3,(H,53,56)/b12-9+,18-15+,28-21-,34-31-,40-37+. The van der Waals surface area contributed by atoms with Gasteiger partial charge in [0.15, 0.2) is 0 Å². The molecule has 0 rings (SSSR count). The van der Waals surface area contributed by atoms with E-state index in [1.54, 1.807) is 0 Å². The Morgan fingerprint density at radius 1 is 0.517 bits per heavy atom. The van der Waals surface area contributed by atoms with Crippen molar-refractivity contribution in [2.75, 3.05) is 6.61 Å². The molecule has 0 aromatic heterocycles. The van der Waals surface area contributed by atoms with E-state index >= 15 is 0 Å². The highest BCUT2D eigenvalue weighted by Gasteiger charge is 2.23. The van der Waals surface area contributed by atoms with Gasteiger partial charge in [-0.05, 0) is 19.3 Å². The summed E-state index contributed by atoms with van der Waals surface area (Å²) in [6.45, 7) is 6.30. The third-order valence-corrected chi connectivity index (χ3v) is 11.0. The molecule has 58 heavy (non-hydrogen) atoms. The molecule has 0 bridgehead atoms. The van der Waals surface area contributed by atoms with Crippen LogP contribution in [0.1, 0.15) is 233 Å². The smallest absolute Gasteiger partial charge is 0.306 e. The molecule has 3 N–H and O–H groups in total. The van der Waals surface area contributed by atoms with Crippen LogP contribution in [0.3, 0.4) is 0 Å². The minimum atomic E-state index is -0.817. The van der Waals surface area contributed by atoms with Crippen LogP contribution in [-0.2, 0) is 14.3 Å². The summed E-state index contributed by atoms with van der Waals surface area (Å²) in [4.78, 5) is 26.0. The molecule has 0 aromatic carbocycles. The van der Waals surface area contributed by atoms with E-state index in [4.69, 9.17) is 4.74 Å². The predicted molar refractivity (Wildman–Crippen MR) is 250 cm³/mol. The lowest BCUT2D eigenvalue weighted by atomic mass is 10.0. The van der Waals surface area contributed by atoms with Gasteiger partial charge >= 0.3 is 5.97 Å². The molecule has 0 saturated carbocycles. The van der Waals surface area contributed by atoms with Crippen molar-refractivity contribution in [2.24, 2.45) is 0 Å². The van der Waals surface area contributed by atoms with E-state index < -0.39 is 18.2 Å².